The number of primary amides is 1. The summed E-state index contributed by atoms with van der Waals surface area (Å²) >= 11 is 0. The van der Waals surface area contributed by atoms with Gasteiger partial charge in [0.2, 0.25) is 5.78 Å². The van der Waals surface area contributed by atoms with E-state index in [0.29, 0.717) is 17.7 Å². The summed E-state index contributed by atoms with van der Waals surface area (Å²) in [5, 5.41) is 59.9. The van der Waals surface area contributed by atoms with Crippen LogP contribution >= 0.6 is 0 Å². The quantitative estimate of drug-likeness (QED) is 0.199. The Morgan fingerprint density at radius 3 is 2.41 bits per heavy atom. The number of amides is 1. The number of aliphatic hydroxyl groups excluding tert-OH is 3. The highest BCUT2D eigenvalue weighted by Gasteiger charge is 2.67. The summed E-state index contributed by atoms with van der Waals surface area (Å²) in [6.07, 6.45) is 0.326. The minimum atomic E-state index is -2.93. The first-order chi connectivity index (χ1) is 18.2. The fraction of sp³-hybridized carbons (Fsp3) is 0.464. The number of allylic oxidation sites excluding steroid dienone is 1. The molecule has 1 aromatic carbocycles. The van der Waals surface area contributed by atoms with Gasteiger partial charge >= 0.3 is 0 Å². The Labute approximate surface area is 225 Å². The number of nitrogens with zero attached hydrogens (tertiary/aromatic N) is 1. The van der Waals surface area contributed by atoms with E-state index >= 15 is 0 Å². The predicted molar refractivity (Wildman–Crippen MR) is 141 cm³/mol. The van der Waals surface area contributed by atoms with Crippen LogP contribution in [-0.4, -0.2) is 86.3 Å². The topological polar surface area (TPSA) is 194 Å². The first-order valence-corrected chi connectivity index (χ1v) is 12.7. The molecule has 3 aliphatic rings. The number of benzene rings is 1. The number of phenols is 1. The van der Waals surface area contributed by atoms with E-state index in [9.17, 15) is 39.9 Å². The lowest BCUT2D eigenvalue weighted by Crippen LogP contribution is -2.68. The monoisotopic (exact) mass is 541 g/mol. The Morgan fingerprint density at radius 1 is 1.21 bits per heavy atom. The van der Waals surface area contributed by atoms with Gasteiger partial charge in [0.15, 0.2) is 11.4 Å². The maximum Gasteiger partial charge on any atom is 0.255 e. The van der Waals surface area contributed by atoms with E-state index in [0.717, 1.165) is 5.57 Å². The number of nitrogens with one attached hydrogen (secondary N) is 1. The van der Waals surface area contributed by atoms with Gasteiger partial charge in [-0.25, -0.2) is 0 Å². The van der Waals surface area contributed by atoms with Gasteiger partial charge in [-0.2, -0.15) is 0 Å². The van der Waals surface area contributed by atoms with Gasteiger partial charge in [-0.3, -0.25) is 19.3 Å². The minimum absolute atomic E-state index is 0.0995. The molecule has 0 bridgehead atoms. The third-order valence-electron chi connectivity index (χ3n) is 8.43. The third kappa shape index (κ3) is 3.99. The van der Waals surface area contributed by atoms with Crippen LogP contribution in [0.2, 0.25) is 0 Å². The van der Waals surface area contributed by atoms with Gasteiger partial charge < -0.3 is 36.6 Å². The number of carbonyl (C=O) groups excluding carboxylic acids is 3. The fourth-order valence-corrected chi connectivity index (χ4v) is 6.31. The van der Waals surface area contributed by atoms with Gasteiger partial charge in [0.25, 0.3) is 5.91 Å². The minimum Gasteiger partial charge on any atom is -0.510 e. The molecule has 210 valence electrons. The Kier molecular flexibility index (Phi) is 7.24. The maximum absolute atomic E-state index is 13.9. The second-order valence-electron chi connectivity index (χ2n) is 10.8. The highest BCUT2D eigenvalue weighted by atomic mass is 16.4. The number of likely N-dealkylation sites (N-methyl/N-ethyl adjacent to an activating group) is 1. The van der Waals surface area contributed by atoms with Crippen molar-refractivity contribution in [1.29, 1.82) is 0 Å². The van der Waals surface area contributed by atoms with Crippen molar-refractivity contribution in [2.45, 2.75) is 51.0 Å². The van der Waals surface area contributed by atoms with Crippen LogP contribution in [0.5, 0.6) is 5.75 Å². The van der Waals surface area contributed by atoms with Crippen molar-refractivity contribution >= 4 is 17.5 Å². The standard InChI is InChI=1S/C28H35N3O8/c1-6-11(2)9-30-10-13-7-8-14-12(3)15-17(22(33)16(14)21(13)32)25(36)28(39)19(23(15)34)20(31(4)5)24(35)18(26(28)37)27(29)38/h6-8,12,15,19-20,23,30,32,34-36,39H,9-10H2,1-5H3,(H2,29,38)/b11-6-/t12-,15+,19+,20-,23-,28-/m0/s1. The second kappa shape index (κ2) is 9.91. The van der Waals surface area contributed by atoms with Crippen LogP contribution in [0.1, 0.15) is 48.2 Å². The largest absolute Gasteiger partial charge is 0.510 e. The summed E-state index contributed by atoms with van der Waals surface area (Å²) in [5.74, 6) is -8.94. The van der Waals surface area contributed by atoms with Gasteiger partial charge in [-0.15, -0.1) is 0 Å². The van der Waals surface area contributed by atoms with Crippen LogP contribution in [-0.2, 0) is 16.1 Å². The molecule has 1 aromatic rings. The molecule has 0 heterocycles. The summed E-state index contributed by atoms with van der Waals surface area (Å²) in [4.78, 5) is 40.8. The molecule has 3 aliphatic carbocycles. The number of rotatable bonds is 6. The molecule has 0 aromatic heterocycles. The molecule has 8 N–H and O–H groups in total. The molecule has 0 saturated carbocycles. The molecule has 0 spiro atoms. The number of hydrogen-bond acceptors (Lipinski definition) is 10. The van der Waals surface area contributed by atoms with Gasteiger partial charge in [0.1, 0.15) is 22.8 Å². The average Bonchev–Trinajstić information content (AvgIpc) is 2.86. The number of ketones is 2. The Balaban J connectivity index is 1.90. The first kappa shape index (κ1) is 28.5. The van der Waals surface area contributed by atoms with E-state index in [1.165, 1.54) is 19.0 Å². The fourth-order valence-electron chi connectivity index (χ4n) is 6.31. The zero-order chi connectivity index (χ0) is 29.1. The number of phenolic OH excluding ortho intramolecular Hbond substituents is 1. The van der Waals surface area contributed by atoms with Crippen molar-refractivity contribution in [3.8, 4) is 5.75 Å². The normalized spacial score (nSPS) is 30.9. The summed E-state index contributed by atoms with van der Waals surface area (Å²) in [5.41, 5.74) is 2.90. The second-order valence-corrected chi connectivity index (χ2v) is 10.8. The lowest BCUT2D eigenvalue weighted by atomic mass is 9.55. The van der Waals surface area contributed by atoms with Crippen LogP contribution in [0, 0.1) is 11.8 Å². The molecule has 0 radical (unpaired) electrons. The molecular formula is C28H35N3O8. The molecule has 0 fully saturated rings. The predicted octanol–water partition coefficient (Wildman–Crippen LogP) is 0.708. The number of hydrogen-bond donors (Lipinski definition) is 7. The molecule has 11 nitrogen and oxygen atoms in total. The summed E-state index contributed by atoms with van der Waals surface area (Å²) in [6, 6.07) is 2.06. The van der Waals surface area contributed by atoms with E-state index in [1.54, 1.807) is 19.1 Å². The van der Waals surface area contributed by atoms with E-state index in [4.69, 9.17) is 5.73 Å². The van der Waals surface area contributed by atoms with Crippen LogP contribution in [0.3, 0.4) is 0 Å². The van der Waals surface area contributed by atoms with Crippen molar-refractivity contribution in [1.82, 2.24) is 10.2 Å². The summed E-state index contributed by atoms with van der Waals surface area (Å²) in [6.45, 7) is 6.35. The van der Waals surface area contributed by atoms with Crippen molar-refractivity contribution in [3.63, 3.8) is 0 Å². The van der Waals surface area contributed by atoms with Crippen LogP contribution < -0.4 is 11.1 Å². The van der Waals surface area contributed by atoms with Gasteiger partial charge in [-0.05, 0) is 39.4 Å². The molecule has 6 atom stereocenters. The molecule has 0 aliphatic heterocycles. The number of aliphatic hydroxyl groups is 4. The number of Topliss-reactive ketones (excluding diaryl/α,β-unsaturated/α-hetero) is 2. The van der Waals surface area contributed by atoms with E-state index < -0.39 is 75.6 Å². The molecule has 39 heavy (non-hydrogen) atoms. The van der Waals surface area contributed by atoms with Gasteiger partial charge in [-0.1, -0.05) is 30.7 Å². The number of fused-ring (bicyclic) bond motifs is 3. The molecule has 0 saturated heterocycles. The molecule has 0 unspecified atom stereocenters. The van der Waals surface area contributed by atoms with Gasteiger partial charge in [0.05, 0.1) is 23.6 Å². The lowest BCUT2D eigenvalue weighted by Gasteiger charge is -2.53. The van der Waals surface area contributed by atoms with Crippen LogP contribution in [0.4, 0.5) is 0 Å². The van der Waals surface area contributed by atoms with E-state index in [1.807, 2.05) is 19.9 Å². The van der Waals surface area contributed by atoms with E-state index in [2.05, 4.69) is 5.32 Å². The zero-order valence-corrected chi connectivity index (χ0v) is 22.5. The molecule has 4 rings (SSSR count). The third-order valence-corrected chi connectivity index (χ3v) is 8.43. The Bertz CT molecular complexity index is 1360. The average molecular weight is 542 g/mol. The van der Waals surface area contributed by atoms with Gasteiger partial charge in [0, 0.05) is 30.1 Å². The molecule has 1 amide bonds. The van der Waals surface area contributed by atoms with Crippen molar-refractivity contribution in [2.24, 2.45) is 17.6 Å². The summed E-state index contributed by atoms with van der Waals surface area (Å²) < 4.78 is 0. The highest BCUT2D eigenvalue weighted by Crippen LogP contribution is 2.55. The van der Waals surface area contributed by atoms with Crippen molar-refractivity contribution in [3.05, 3.63) is 63.1 Å². The lowest BCUT2D eigenvalue weighted by molar-refractivity contribution is -0.162. The molecule has 11 heteroatoms. The number of carbonyl (C=O) groups is 3. The number of nitrogens with two attached hydrogens (primary N) is 1. The summed E-state index contributed by atoms with van der Waals surface area (Å²) in [7, 11) is 2.99. The van der Waals surface area contributed by atoms with Crippen LogP contribution in [0.25, 0.3) is 0 Å². The first-order valence-electron chi connectivity index (χ1n) is 12.7. The Hall–Kier alpha value is -3.51. The smallest absolute Gasteiger partial charge is 0.255 e. The van der Waals surface area contributed by atoms with Crippen molar-refractivity contribution in [2.75, 3.05) is 20.6 Å². The van der Waals surface area contributed by atoms with Crippen molar-refractivity contribution < 1.29 is 39.9 Å². The zero-order valence-electron chi connectivity index (χ0n) is 22.5. The SMILES string of the molecule is C/C=C(/C)CNCc1ccc2c(c1O)C(=O)C1=C(O)[C@]3(O)C(=O)C(C(N)=O)=C(O)[C@@H](N(C)C)[C@@H]3[C@@H](O)[C@@H]1[C@H]2C. The van der Waals surface area contributed by atoms with Crippen LogP contribution in [0.15, 0.2) is 46.4 Å². The molecular weight excluding hydrogens is 506 g/mol. The highest BCUT2D eigenvalue weighted by molar-refractivity contribution is 6.25. The Morgan fingerprint density at radius 2 is 1.85 bits per heavy atom. The number of aromatic hydroxyl groups is 1. The maximum atomic E-state index is 13.9. The van der Waals surface area contributed by atoms with E-state index in [-0.39, 0.29) is 17.9 Å².